The van der Waals surface area contributed by atoms with Crippen LogP contribution in [0.15, 0.2) is 52.3 Å². The van der Waals surface area contributed by atoms with Crippen LogP contribution in [0.4, 0.5) is 0 Å². The summed E-state index contributed by atoms with van der Waals surface area (Å²) in [5.74, 6) is 0.414. The fraction of sp³-hybridized carbons (Fsp3) is 0.400. The monoisotopic (exact) mass is 419 g/mol. The number of nitrogens with one attached hydrogen (secondary N) is 1. The van der Waals surface area contributed by atoms with E-state index in [4.69, 9.17) is 4.74 Å². The molecular formula is C20H25N3O5S. The zero-order chi connectivity index (χ0) is 20.9. The van der Waals surface area contributed by atoms with Gasteiger partial charge < -0.3 is 14.6 Å². The van der Waals surface area contributed by atoms with Gasteiger partial charge in [-0.3, -0.25) is 9.59 Å². The van der Waals surface area contributed by atoms with E-state index in [1.54, 1.807) is 7.11 Å². The van der Waals surface area contributed by atoms with Crippen LogP contribution < -0.4 is 15.6 Å². The largest absolute Gasteiger partial charge is 0.497 e. The van der Waals surface area contributed by atoms with E-state index in [0.717, 1.165) is 28.7 Å². The summed E-state index contributed by atoms with van der Waals surface area (Å²) in [5, 5.41) is 2.76. The molecule has 0 aliphatic carbocycles. The zero-order valence-corrected chi connectivity index (χ0v) is 17.2. The maximum atomic E-state index is 12.7. The number of amides is 1. The summed E-state index contributed by atoms with van der Waals surface area (Å²) in [6.45, 7) is 1.14. The Morgan fingerprint density at radius 2 is 1.79 bits per heavy atom. The second-order valence-electron chi connectivity index (χ2n) is 6.89. The highest BCUT2D eigenvalue weighted by Crippen LogP contribution is 2.19. The Labute approximate surface area is 170 Å². The Bertz CT molecular complexity index is 1010. The first-order valence-corrected chi connectivity index (χ1v) is 10.9. The van der Waals surface area contributed by atoms with Crippen LogP contribution in [0.1, 0.15) is 18.4 Å². The maximum Gasteiger partial charge on any atom is 0.251 e. The highest BCUT2D eigenvalue weighted by Gasteiger charge is 2.27. The van der Waals surface area contributed by atoms with E-state index in [-0.39, 0.29) is 17.3 Å². The number of pyridine rings is 1. The third kappa shape index (κ3) is 5.24. The molecule has 2 aromatic rings. The number of carbonyl (C=O) groups excluding carboxylic acids is 1. The number of rotatable bonds is 8. The van der Waals surface area contributed by atoms with E-state index in [1.807, 2.05) is 24.3 Å². The van der Waals surface area contributed by atoms with Gasteiger partial charge in [-0.2, -0.15) is 4.31 Å². The summed E-state index contributed by atoms with van der Waals surface area (Å²) < 4.78 is 33.0. The molecular weight excluding hydrogens is 394 g/mol. The second-order valence-corrected chi connectivity index (χ2v) is 8.83. The lowest BCUT2D eigenvalue weighted by atomic mass is 10.1. The van der Waals surface area contributed by atoms with Gasteiger partial charge in [-0.25, -0.2) is 8.42 Å². The van der Waals surface area contributed by atoms with Crippen LogP contribution in [0.3, 0.4) is 0 Å². The number of carbonyl (C=O) groups is 1. The SMILES string of the molecule is COc1ccc(CCNC(=O)Cn2cc(S(=O)(=O)N3CCCC3)ccc2=O)cc1. The van der Waals surface area contributed by atoms with Gasteiger partial charge in [0.1, 0.15) is 12.3 Å². The van der Waals surface area contributed by atoms with E-state index in [9.17, 15) is 18.0 Å². The lowest BCUT2D eigenvalue weighted by molar-refractivity contribution is -0.121. The van der Waals surface area contributed by atoms with Crippen molar-refractivity contribution in [1.29, 1.82) is 0 Å². The summed E-state index contributed by atoms with van der Waals surface area (Å²) in [6.07, 6.45) is 3.54. The molecule has 1 saturated heterocycles. The van der Waals surface area contributed by atoms with Crippen molar-refractivity contribution in [3.63, 3.8) is 0 Å². The van der Waals surface area contributed by atoms with Crippen molar-refractivity contribution >= 4 is 15.9 Å². The Balaban J connectivity index is 1.60. The number of hydrogen-bond acceptors (Lipinski definition) is 5. The molecule has 0 saturated carbocycles. The molecule has 156 valence electrons. The van der Waals surface area contributed by atoms with Crippen molar-refractivity contribution in [3.8, 4) is 5.75 Å². The molecule has 1 fully saturated rings. The van der Waals surface area contributed by atoms with Crippen LogP contribution in [0.5, 0.6) is 5.75 Å². The van der Waals surface area contributed by atoms with Gasteiger partial charge in [0.15, 0.2) is 0 Å². The molecule has 1 amide bonds. The van der Waals surface area contributed by atoms with Gasteiger partial charge >= 0.3 is 0 Å². The van der Waals surface area contributed by atoms with E-state index in [1.165, 1.54) is 22.6 Å². The predicted octanol–water partition coefficient (Wildman–Crippen LogP) is 1.00. The van der Waals surface area contributed by atoms with Crippen molar-refractivity contribution in [1.82, 2.24) is 14.2 Å². The molecule has 1 aromatic heterocycles. The van der Waals surface area contributed by atoms with E-state index >= 15 is 0 Å². The number of hydrogen-bond donors (Lipinski definition) is 1. The number of benzene rings is 1. The van der Waals surface area contributed by atoms with Crippen molar-refractivity contribution in [2.45, 2.75) is 30.7 Å². The minimum Gasteiger partial charge on any atom is -0.497 e. The normalized spacial score (nSPS) is 14.7. The average molecular weight is 420 g/mol. The number of methoxy groups -OCH3 is 1. The molecule has 8 nitrogen and oxygen atoms in total. The Hall–Kier alpha value is -2.65. The van der Waals surface area contributed by atoms with Gasteiger partial charge in [-0.15, -0.1) is 0 Å². The van der Waals surface area contributed by atoms with Gasteiger partial charge in [0, 0.05) is 31.9 Å². The molecule has 1 aliphatic heterocycles. The van der Waals surface area contributed by atoms with Gasteiger partial charge in [0.05, 0.1) is 12.0 Å². The smallest absolute Gasteiger partial charge is 0.251 e. The molecule has 0 spiro atoms. The Kier molecular flexibility index (Phi) is 6.71. The molecule has 2 heterocycles. The highest BCUT2D eigenvalue weighted by atomic mass is 32.2. The molecule has 0 atom stereocenters. The maximum absolute atomic E-state index is 12.7. The highest BCUT2D eigenvalue weighted by molar-refractivity contribution is 7.89. The molecule has 0 radical (unpaired) electrons. The fourth-order valence-electron chi connectivity index (χ4n) is 3.21. The molecule has 1 aromatic carbocycles. The van der Waals surface area contributed by atoms with Gasteiger partial charge in [-0.1, -0.05) is 12.1 Å². The number of sulfonamides is 1. The topological polar surface area (TPSA) is 97.7 Å². The zero-order valence-electron chi connectivity index (χ0n) is 16.3. The van der Waals surface area contributed by atoms with Crippen molar-refractivity contribution < 1.29 is 17.9 Å². The molecule has 29 heavy (non-hydrogen) atoms. The number of aromatic nitrogens is 1. The van der Waals surface area contributed by atoms with Crippen LogP contribution in [0.2, 0.25) is 0 Å². The first-order chi connectivity index (χ1) is 13.9. The average Bonchev–Trinajstić information content (AvgIpc) is 3.26. The van der Waals surface area contributed by atoms with E-state index < -0.39 is 15.6 Å². The molecule has 1 aliphatic rings. The van der Waals surface area contributed by atoms with Crippen LogP contribution in [0, 0.1) is 0 Å². The lowest BCUT2D eigenvalue weighted by Crippen LogP contribution is -2.34. The van der Waals surface area contributed by atoms with Crippen molar-refractivity contribution in [2.24, 2.45) is 0 Å². The fourth-order valence-corrected chi connectivity index (χ4v) is 4.75. The summed E-state index contributed by atoms with van der Waals surface area (Å²) in [5.41, 5.74) is 0.623. The lowest BCUT2D eigenvalue weighted by Gasteiger charge is -2.16. The summed E-state index contributed by atoms with van der Waals surface area (Å²) >= 11 is 0. The predicted molar refractivity (Wildman–Crippen MR) is 108 cm³/mol. The molecule has 3 rings (SSSR count). The standard InChI is InChI=1S/C20H25N3O5S/c1-28-17-6-4-16(5-7-17)10-11-21-19(24)15-22-14-18(8-9-20(22)25)29(26,27)23-12-2-3-13-23/h4-9,14H,2-3,10-13,15H2,1H3,(H,21,24). The van der Waals surface area contributed by atoms with E-state index in [2.05, 4.69) is 5.32 Å². The van der Waals surface area contributed by atoms with Gasteiger partial charge in [0.25, 0.3) is 5.56 Å². The van der Waals surface area contributed by atoms with Gasteiger partial charge in [-0.05, 0) is 43.0 Å². The van der Waals surface area contributed by atoms with Crippen LogP contribution in [-0.4, -0.2) is 49.9 Å². The second kappa shape index (κ2) is 9.23. The van der Waals surface area contributed by atoms with Gasteiger partial charge in [0.2, 0.25) is 15.9 Å². The van der Waals surface area contributed by atoms with Crippen LogP contribution >= 0.6 is 0 Å². The van der Waals surface area contributed by atoms with Crippen LogP contribution in [0.25, 0.3) is 0 Å². The summed E-state index contributed by atoms with van der Waals surface area (Å²) in [6, 6.07) is 10.0. The summed E-state index contributed by atoms with van der Waals surface area (Å²) in [7, 11) is -2.04. The first kappa shape index (κ1) is 21.1. The number of ether oxygens (including phenoxy) is 1. The summed E-state index contributed by atoms with van der Waals surface area (Å²) in [4.78, 5) is 24.3. The first-order valence-electron chi connectivity index (χ1n) is 9.50. The molecule has 9 heteroatoms. The quantitative estimate of drug-likeness (QED) is 0.688. The van der Waals surface area contributed by atoms with Crippen LogP contribution in [-0.2, 0) is 27.8 Å². The number of nitrogens with zero attached hydrogens (tertiary/aromatic N) is 2. The Morgan fingerprint density at radius 1 is 1.10 bits per heavy atom. The third-order valence-corrected chi connectivity index (χ3v) is 6.75. The van der Waals surface area contributed by atoms with E-state index in [0.29, 0.717) is 26.1 Å². The third-order valence-electron chi connectivity index (χ3n) is 4.87. The Morgan fingerprint density at radius 3 is 2.45 bits per heavy atom. The van der Waals surface area contributed by atoms with Crippen molar-refractivity contribution in [2.75, 3.05) is 26.7 Å². The molecule has 1 N–H and O–H groups in total. The molecule has 0 bridgehead atoms. The minimum atomic E-state index is -3.64. The molecule has 0 unspecified atom stereocenters. The minimum absolute atomic E-state index is 0.0324. The van der Waals surface area contributed by atoms with Crippen molar-refractivity contribution in [3.05, 3.63) is 58.5 Å².